The van der Waals surface area contributed by atoms with Gasteiger partial charge in [0.1, 0.15) is 18.1 Å². The standard InChI is InChI=1S/C28H37NO3/c1-5-31-26-16-11-22(27(30)29-18-17-21-9-7-6-8-10-21)19-23(26)20-32-25-14-12-24(13-15-25)28(2,3)4/h9,11-16,19H,5-8,10,17-18,20H2,1-4H3,(H,29,30). The summed E-state index contributed by atoms with van der Waals surface area (Å²) in [5.41, 5.74) is 4.34. The lowest BCUT2D eigenvalue weighted by molar-refractivity contribution is 0.0954. The van der Waals surface area contributed by atoms with Gasteiger partial charge in [-0.25, -0.2) is 0 Å². The molecular weight excluding hydrogens is 398 g/mol. The summed E-state index contributed by atoms with van der Waals surface area (Å²) in [7, 11) is 0. The summed E-state index contributed by atoms with van der Waals surface area (Å²) < 4.78 is 11.8. The molecular formula is C28H37NO3. The van der Waals surface area contributed by atoms with Gasteiger partial charge in [0, 0.05) is 17.7 Å². The van der Waals surface area contributed by atoms with Crippen LogP contribution >= 0.6 is 0 Å². The van der Waals surface area contributed by atoms with Gasteiger partial charge in [-0.2, -0.15) is 0 Å². The molecule has 0 bridgehead atoms. The molecule has 0 fully saturated rings. The van der Waals surface area contributed by atoms with Crippen molar-refractivity contribution < 1.29 is 14.3 Å². The highest BCUT2D eigenvalue weighted by Crippen LogP contribution is 2.26. The van der Waals surface area contributed by atoms with Crippen molar-refractivity contribution in [2.75, 3.05) is 13.2 Å². The van der Waals surface area contributed by atoms with Crippen molar-refractivity contribution in [2.24, 2.45) is 0 Å². The smallest absolute Gasteiger partial charge is 0.251 e. The van der Waals surface area contributed by atoms with Crippen LogP contribution in [0.2, 0.25) is 0 Å². The summed E-state index contributed by atoms with van der Waals surface area (Å²) >= 11 is 0. The van der Waals surface area contributed by atoms with E-state index in [1.54, 1.807) is 0 Å². The number of ether oxygens (including phenoxy) is 2. The molecule has 0 saturated heterocycles. The van der Waals surface area contributed by atoms with Gasteiger partial charge < -0.3 is 14.8 Å². The van der Waals surface area contributed by atoms with Crippen LogP contribution in [0.25, 0.3) is 0 Å². The van der Waals surface area contributed by atoms with Crippen molar-refractivity contribution in [3.63, 3.8) is 0 Å². The predicted molar refractivity (Wildman–Crippen MR) is 131 cm³/mol. The summed E-state index contributed by atoms with van der Waals surface area (Å²) in [6, 6.07) is 13.8. The molecule has 1 amide bonds. The molecule has 0 aliphatic heterocycles. The van der Waals surface area contributed by atoms with Crippen molar-refractivity contribution in [3.05, 3.63) is 70.8 Å². The third-order valence-corrected chi connectivity index (χ3v) is 5.85. The Labute approximate surface area is 193 Å². The maximum absolute atomic E-state index is 12.7. The minimum Gasteiger partial charge on any atom is -0.493 e. The molecule has 0 atom stereocenters. The second kappa shape index (κ2) is 11.2. The first kappa shape index (κ1) is 23.9. The Morgan fingerprint density at radius 1 is 1.03 bits per heavy atom. The molecule has 1 aliphatic rings. The Balaban J connectivity index is 1.63. The lowest BCUT2D eigenvalue weighted by Gasteiger charge is -2.19. The fourth-order valence-electron chi connectivity index (χ4n) is 3.91. The zero-order valence-electron chi connectivity index (χ0n) is 20.0. The molecule has 0 heterocycles. The highest BCUT2D eigenvalue weighted by molar-refractivity contribution is 5.94. The van der Waals surface area contributed by atoms with Crippen LogP contribution in [-0.2, 0) is 12.0 Å². The fraction of sp³-hybridized carbons (Fsp3) is 0.464. The fourth-order valence-corrected chi connectivity index (χ4v) is 3.91. The number of allylic oxidation sites excluding steroid dienone is 1. The van der Waals surface area contributed by atoms with Crippen molar-refractivity contribution in [2.45, 2.75) is 71.8 Å². The van der Waals surface area contributed by atoms with Gasteiger partial charge in [0.25, 0.3) is 5.91 Å². The zero-order chi connectivity index (χ0) is 23.0. The number of amides is 1. The number of hydrogen-bond acceptors (Lipinski definition) is 3. The van der Waals surface area contributed by atoms with Gasteiger partial charge in [0.15, 0.2) is 0 Å². The lowest BCUT2D eigenvalue weighted by Crippen LogP contribution is -2.25. The van der Waals surface area contributed by atoms with Crippen molar-refractivity contribution >= 4 is 5.91 Å². The molecule has 1 N–H and O–H groups in total. The van der Waals surface area contributed by atoms with Gasteiger partial charge in [-0.05, 0) is 80.3 Å². The van der Waals surface area contributed by atoms with E-state index in [4.69, 9.17) is 9.47 Å². The van der Waals surface area contributed by atoms with Crippen LogP contribution in [0.5, 0.6) is 11.5 Å². The summed E-state index contributed by atoms with van der Waals surface area (Å²) in [6.45, 7) is 10.1. The number of hydrogen-bond donors (Lipinski definition) is 1. The number of carbonyl (C=O) groups excluding carboxylic acids is 1. The van der Waals surface area contributed by atoms with E-state index in [2.05, 4.69) is 44.3 Å². The SMILES string of the molecule is CCOc1ccc(C(=O)NCCC2=CCCCC2)cc1COc1ccc(C(C)(C)C)cc1. The predicted octanol–water partition coefficient (Wildman–Crippen LogP) is 6.58. The Morgan fingerprint density at radius 2 is 1.81 bits per heavy atom. The molecule has 2 aromatic rings. The van der Waals surface area contributed by atoms with Crippen molar-refractivity contribution in [1.29, 1.82) is 0 Å². The molecule has 3 rings (SSSR count). The molecule has 4 nitrogen and oxygen atoms in total. The normalized spacial score (nSPS) is 13.9. The molecule has 4 heteroatoms. The van der Waals surface area contributed by atoms with Crippen molar-refractivity contribution in [3.8, 4) is 11.5 Å². The molecule has 0 aromatic heterocycles. The third-order valence-electron chi connectivity index (χ3n) is 5.85. The zero-order valence-corrected chi connectivity index (χ0v) is 20.0. The van der Waals surface area contributed by atoms with Crippen LogP contribution < -0.4 is 14.8 Å². The number of carbonyl (C=O) groups is 1. The summed E-state index contributed by atoms with van der Waals surface area (Å²) in [6.07, 6.45) is 8.15. The van der Waals surface area contributed by atoms with E-state index < -0.39 is 0 Å². The number of benzene rings is 2. The highest BCUT2D eigenvalue weighted by atomic mass is 16.5. The quantitative estimate of drug-likeness (QED) is 0.452. The Kier molecular flexibility index (Phi) is 8.38. The highest BCUT2D eigenvalue weighted by Gasteiger charge is 2.14. The van der Waals surface area contributed by atoms with Gasteiger partial charge in [-0.15, -0.1) is 0 Å². The molecule has 0 unspecified atom stereocenters. The molecule has 172 valence electrons. The van der Waals surface area contributed by atoms with E-state index in [-0.39, 0.29) is 11.3 Å². The van der Waals surface area contributed by atoms with E-state index in [1.165, 1.54) is 30.4 Å². The van der Waals surface area contributed by atoms with Gasteiger partial charge in [0.2, 0.25) is 0 Å². The van der Waals surface area contributed by atoms with Gasteiger partial charge >= 0.3 is 0 Å². The largest absolute Gasteiger partial charge is 0.493 e. The second-order valence-corrected chi connectivity index (χ2v) is 9.43. The van der Waals surface area contributed by atoms with Crippen LogP contribution in [-0.4, -0.2) is 19.1 Å². The van der Waals surface area contributed by atoms with Gasteiger partial charge in [-0.1, -0.05) is 44.6 Å². The van der Waals surface area contributed by atoms with E-state index in [0.29, 0.717) is 25.3 Å². The molecule has 0 saturated carbocycles. The molecule has 2 aromatic carbocycles. The Morgan fingerprint density at radius 3 is 2.47 bits per heavy atom. The van der Waals surface area contributed by atoms with E-state index in [9.17, 15) is 4.79 Å². The molecule has 32 heavy (non-hydrogen) atoms. The average molecular weight is 436 g/mol. The maximum atomic E-state index is 12.7. The monoisotopic (exact) mass is 435 g/mol. The molecule has 1 aliphatic carbocycles. The van der Waals surface area contributed by atoms with E-state index in [0.717, 1.165) is 29.9 Å². The summed E-state index contributed by atoms with van der Waals surface area (Å²) in [4.78, 5) is 12.7. The van der Waals surface area contributed by atoms with Crippen LogP contribution in [0.3, 0.4) is 0 Å². The number of rotatable bonds is 9. The van der Waals surface area contributed by atoms with Gasteiger partial charge in [-0.3, -0.25) is 4.79 Å². The number of nitrogens with one attached hydrogen (secondary N) is 1. The van der Waals surface area contributed by atoms with Crippen LogP contribution in [0.15, 0.2) is 54.1 Å². The topological polar surface area (TPSA) is 47.6 Å². The summed E-state index contributed by atoms with van der Waals surface area (Å²) in [5, 5.41) is 3.06. The average Bonchev–Trinajstić information content (AvgIpc) is 2.79. The van der Waals surface area contributed by atoms with E-state index >= 15 is 0 Å². The van der Waals surface area contributed by atoms with E-state index in [1.807, 2.05) is 37.3 Å². The van der Waals surface area contributed by atoms with Crippen LogP contribution in [0.4, 0.5) is 0 Å². The minimum absolute atomic E-state index is 0.0553. The minimum atomic E-state index is -0.0553. The Bertz CT molecular complexity index is 923. The Hall–Kier alpha value is -2.75. The molecule has 0 spiro atoms. The first-order valence-corrected chi connectivity index (χ1v) is 11.8. The van der Waals surface area contributed by atoms with Crippen LogP contribution in [0.1, 0.15) is 81.3 Å². The first-order valence-electron chi connectivity index (χ1n) is 11.8. The van der Waals surface area contributed by atoms with Gasteiger partial charge in [0.05, 0.1) is 6.61 Å². The maximum Gasteiger partial charge on any atom is 0.251 e. The second-order valence-electron chi connectivity index (χ2n) is 9.43. The van der Waals surface area contributed by atoms with Crippen LogP contribution in [0, 0.1) is 0 Å². The summed E-state index contributed by atoms with van der Waals surface area (Å²) in [5.74, 6) is 1.50. The van der Waals surface area contributed by atoms with Crippen molar-refractivity contribution in [1.82, 2.24) is 5.32 Å². The first-order chi connectivity index (χ1) is 15.4. The third kappa shape index (κ3) is 6.88. The molecule has 0 radical (unpaired) electrons. The lowest BCUT2D eigenvalue weighted by atomic mass is 9.87.